The first kappa shape index (κ1) is 22.9. The first-order chi connectivity index (χ1) is 17.4. The normalized spacial score (nSPS) is 14.7. The van der Waals surface area contributed by atoms with Gasteiger partial charge in [0.1, 0.15) is 29.8 Å². The molecule has 0 N–H and O–H groups in total. The van der Waals surface area contributed by atoms with Crippen LogP contribution in [0.1, 0.15) is 35.4 Å². The molecule has 182 valence electrons. The highest BCUT2D eigenvalue weighted by Gasteiger charge is 2.24. The monoisotopic (exact) mass is 484 g/mol. The molecule has 6 rings (SSSR count). The molecule has 0 radical (unpaired) electrons. The fraction of sp³-hybridized carbons (Fsp3) is 0.258. The van der Waals surface area contributed by atoms with Crippen LogP contribution in [-0.2, 0) is 11.8 Å². The van der Waals surface area contributed by atoms with Crippen molar-refractivity contribution in [1.82, 2.24) is 0 Å². The van der Waals surface area contributed by atoms with Gasteiger partial charge >= 0.3 is 0 Å². The molecule has 0 amide bonds. The molecule has 0 atom stereocenters. The number of hydrogen-bond acceptors (Lipinski definition) is 2. The topological polar surface area (TPSA) is 26.2 Å². The second-order valence-corrected chi connectivity index (χ2v) is 9.84. The highest BCUT2D eigenvalue weighted by atomic mass is 19.1. The van der Waals surface area contributed by atoms with E-state index < -0.39 is 0 Å². The van der Waals surface area contributed by atoms with Gasteiger partial charge in [-0.3, -0.25) is 0 Å². The van der Waals surface area contributed by atoms with E-state index in [1.54, 1.807) is 25.3 Å². The van der Waals surface area contributed by atoms with E-state index in [2.05, 4.69) is 12.1 Å². The molecule has 0 bridgehead atoms. The second-order valence-electron chi connectivity index (χ2n) is 9.84. The number of rotatable bonds is 3. The van der Waals surface area contributed by atoms with Crippen molar-refractivity contribution in [3.8, 4) is 22.4 Å². The molecule has 0 saturated carbocycles. The fourth-order valence-corrected chi connectivity index (χ4v) is 5.52. The lowest BCUT2D eigenvalue weighted by atomic mass is 9.90. The Morgan fingerprint density at radius 2 is 1.44 bits per heavy atom. The van der Waals surface area contributed by atoms with E-state index in [-0.39, 0.29) is 11.6 Å². The molecule has 36 heavy (non-hydrogen) atoms. The maximum atomic E-state index is 15.3. The van der Waals surface area contributed by atoms with Gasteiger partial charge in [0.25, 0.3) is 0 Å². The predicted octanol–water partition coefficient (Wildman–Crippen LogP) is 7.53. The van der Waals surface area contributed by atoms with Crippen molar-refractivity contribution in [1.29, 1.82) is 0 Å². The van der Waals surface area contributed by atoms with Crippen LogP contribution in [-0.4, -0.2) is 13.2 Å². The fourth-order valence-electron chi connectivity index (χ4n) is 5.52. The van der Waals surface area contributed by atoms with E-state index in [1.807, 2.05) is 42.8 Å². The number of furan rings is 1. The SMILES string of the molecule is Cc1c[n+](C)c(-c2c(C)ccc3c2oc2c(-c4ccc(C5CCOCC5)cc4)c(F)ccc23)cc1F. The van der Waals surface area contributed by atoms with Crippen LogP contribution in [0.3, 0.4) is 0 Å². The second kappa shape index (κ2) is 8.82. The summed E-state index contributed by atoms with van der Waals surface area (Å²) in [6.45, 7) is 5.29. The largest absolute Gasteiger partial charge is 0.454 e. The molecule has 0 unspecified atom stereocenters. The van der Waals surface area contributed by atoms with Gasteiger partial charge < -0.3 is 9.15 Å². The van der Waals surface area contributed by atoms with Crippen LogP contribution in [0.4, 0.5) is 8.78 Å². The minimum absolute atomic E-state index is 0.271. The maximum absolute atomic E-state index is 15.3. The zero-order valence-electron chi connectivity index (χ0n) is 20.7. The number of aryl methyl sites for hydroxylation is 3. The van der Waals surface area contributed by atoms with Gasteiger partial charge in [-0.15, -0.1) is 0 Å². The first-order valence-electron chi connectivity index (χ1n) is 12.4. The molecule has 2 aromatic heterocycles. The zero-order valence-corrected chi connectivity index (χ0v) is 20.7. The van der Waals surface area contributed by atoms with E-state index in [4.69, 9.17) is 9.15 Å². The summed E-state index contributed by atoms with van der Waals surface area (Å²) in [6.07, 6.45) is 3.79. The third-order valence-electron chi connectivity index (χ3n) is 7.52. The van der Waals surface area contributed by atoms with Gasteiger partial charge in [0, 0.05) is 35.6 Å². The summed E-state index contributed by atoms with van der Waals surface area (Å²) in [5.74, 6) is -0.127. The molecule has 1 aliphatic rings. The average molecular weight is 485 g/mol. The Hall–Kier alpha value is -3.57. The van der Waals surface area contributed by atoms with Crippen LogP contribution >= 0.6 is 0 Å². The summed E-state index contributed by atoms with van der Waals surface area (Å²) in [6, 6.07) is 17.0. The van der Waals surface area contributed by atoms with Crippen LogP contribution in [0.15, 0.2) is 65.2 Å². The lowest BCUT2D eigenvalue weighted by Gasteiger charge is -2.22. The van der Waals surface area contributed by atoms with E-state index in [9.17, 15) is 4.39 Å². The molecular formula is C31H28F2NO2+. The smallest absolute Gasteiger partial charge is 0.219 e. The predicted molar refractivity (Wildman–Crippen MR) is 138 cm³/mol. The Morgan fingerprint density at radius 1 is 0.778 bits per heavy atom. The molecule has 5 aromatic rings. The van der Waals surface area contributed by atoms with Crippen molar-refractivity contribution >= 4 is 21.9 Å². The number of hydrogen-bond donors (Lipinski definition) is 0. The van der Waals surface area contributed by atoms with Crippen molar-refractivity contribution < 1.29 is 22.5 Å². The Kier molecular flexibility index (Phi) is 5.60. The summed E-state index contributed by atoms with van der Waals surface area (Å²) < 4.78 is 43.8. The number of pyridine rings is 1. The number of halogens is 2. The molecule has 3 aromatic carbocycles. The van der Waals surface area contributed by atoms with E-state index >= 15 is 4.39 Å². The van der Waals surface area contributed by atoms with Crippen molar-refractivity contribution in [2.24, 2.45) is 7.05 Å². The zero-order chi connectivity index (χ0) is 25.0. The Balaban J connectivity index is 1.55. The molecule has 1 fully saturated rings. The van der Waals surface area contributed by atoms with E-state index in [0.717, 1.165) is 53.5 Å². The van der Waals surface area contributed by atoms with Gasteiger partial charge in [-0.1, -0.05) is 36.4 Å². The third-order valence-corrected chi connectivity index (χ3v) is 7.52. The maximum Gasteiger partial charge on any atom is 0.219 e. The van der Waals surface area contributed by atoms with Crippen LogP contribution in [0, 0.1) is 25.5 Å². The highest BCUT2D eigenvalue weighted by Crippen LogP contribution is 2.42. The standard InChI is InChI=1S/C31H28F2NO2/c1-18-4-9-23-24-10-11-25(32)29(22-7-5-20(6-8-22)21-12-14-35-15-13-21)31(24)36-30(23)28(18)27-16-26(33)19(2)17-34(27)3/h4-11,16-17,21H,12-15H2,1-3H3/q+1. The quantitative estimate of drug-likeness (QED) is 0.247. The Labute approximate surface area is 208 Å². The summed E-state index contributed by atoms with van der Waals surface area (Å²) >= 11 is 0. The summed E-state index contributed by atoms with van der Waals surface area (Å²) in [5.41, 5.74) is 6.68. The van der Waals surface area contributed by atoms with Gasteiger partial charge in [0.2, 0.25) is 5.69 Å². The van der Waals surface area contributed by atoms with Crippen molar-refractivity contribution in [2.75, 3.05) is 13.2 Å². The van der Waals surface area contributed by atoms with Crippen molar-refractivity contribution in [3.05, 3.63) is 89.1 Å². The molecule has 1 saturated heterocycles. The third kappa shape index (κ3) is 3.70. The number of benzene rings is 3. The molecular weight excluding hydrogens is 456 g/mol. The summed E-state index contributed by atoms with van der Waals surface area (Å²) in [5, 5.41) is 1.72. The summed E-state index contributed by atoms with van der Waals surface area (Å²) in [4.78, 5) is 0. The lowest BCUT2D eigenvalue weighted by molar-refractivity contribution is -0.661. The molecule has 0 spiro atoms. The van der Waals surface area contributed by atoms with Crippen molar-refractivity contribution in [3.63, 3.8) is 0 Å². The number of ether oxygens (including phenoxy) is 1. The van der Waals surface area contributed by atoms with Gasteiger partial charge in [-0.05, 0) is 61.4 Å². The van der Waals surface area contributed by atoms with E-state index in [0.29, 0.717) is 33.9 Å². The van der Waals surface area contributed by atoms with Crippen LogP contribution in [0.25, 0.3) is 44.3 Å². The van der Waals surface area contributed by atoms with Gasteiger partial charge in [0.05, 0.1) is 11.1 Å². The number of nitrogens with zero attached hydrogens (tertiary/aromatic N) is 1. The van der Waals surface area contributed by atoms with Crippen LogP contribution in [0.2, 0.25) is 0 Å². The summed E-state index contributed by atoms with van der Waals surface area (Å²) in [7, 11) is 1.90. The number of aromatic nitrogens is 1. The van der Waals surface area contributed by atoms with Crippen LogP contribution in [0.5, 0.6) is 0 Å². The Bertz CT molecular complexity index is 1610. The molecule has 5 heteroatoms. The average Bonchev–Trinajstić information content (AvgIpc) is 3.25. The van der Waals surface area contributed by atoms with Crippen molar-refractivity contribution in [2.45, 2.75) is 32.6 Å². The highest BCUT2D eigenvalue weighted by molar-refractivity contribution is 6.13. The molecule has 0 aliphatic carbocycles. The lowest BCUT2D eigenvalue weighted by Crippen LogP contribution is -2.31. The minimum Gasteiger partial charge on any atom is -0.454 e. The minimum atomic E-state index is -0.328. The Morgan fingerprint density at radius 3 is 2.17 bits per heavy atom. The van der Waals surface area contributed by atoms with Gasteiger partial charge in [-0.2, -0.15) is 0 Å². The van der Waals surface area contributed by atoms with Gasteiger partial charge in [-0.25, -0.2) is 13.3 Å². The first-order valence-corrected chi connectivity index (χ1v) is 12.4. The van der Waals surface area contributed by atoms with Crippen LogP contribution < -0.4 is 4.57 Å². The molecule has 3 nitrogen and oxygen atoms in total. The number of fused-ring (bicyclic) bond motifs is 3. The molecule has 1 aliphatic heterocycles. The van der Waals surface area contributed by atoms with Gasteiger partial charge in [0.15, 0.2) is 6.20 Å². The molecule has 3 heterocycles. The van der Waals surface area contributed by atoms with E-state index in [1.165, 1.54) is 11.6 Å².